The molecule has 2 atom stereocenters. The van der Waals surface area contributed by atoms with Crippen LogP contribution < -0.4 is 11.5 Å². The van der Waals surface area contributed by atoms with Crippen molar-refractivity contribution in [1.82, 2.24) is 0 Å². The van der Waals surface area contributed by atoms with E-state index in [2.05, 4.69) is 6.92 Å². The first kappa shape index (κ1) is 16.0. The van der Waals surface area contributed by atoms with Crippen LogP contribution in [0.2, 0.25) is 6.04 Å². The van der Waals surface area contributed by atoms with Crippen LogP contribution in [0.3, 0.4) is 0 Å². The quantitative estimate of drug-likeness (QED) is 0.585. The van der Waals surface area contributed by atoms with E-state index in [9.17, 15) is 0 Å². The molecule has 0 rings (SSSR count). The van der Waals surface area contributed by atoms with E-state index in [-0.39, 0.29) is 6.04 Å². The lowest BCUT2D eigenvalue weighted by Crippen LogP contribution is -2.44. The van der Waals surface area contributed by atoms with Gasteiger partial charge >= 0.3 is 8.80 Å². The molecule has 16 heavy (non-hydrogen) atoms. The molecule has 0 heterocycles. The Hall–Kier alpha value is 0.0169. The van der Waals surface area contributed by atoms with Crippen molar-refractivity contribution in [3.05, 3.63) is 0 Å². The summed E-state index contributed by atoms with van der Waals surface area (Å²) >= 11 is 0. The van der Waals surface area contributed by atoms with Gasteiger partial charge in [-0.15, -0.1) is 0 Å². The molecule has 0 aromatic rings. The summed E-state index contributed by atoms with van der Waals surface area (Å²) in [6.45, 7) is 2.80. The van der Waals surface area contributed by atoms with Crippen LogP contribution in [-0.2, 0) is 13.3 Å². The molecule has 0 spiro atoms. The molecule has 0 fully saturated rings. The molecular formula is C10H26N2O3Si. The van der Waals surface area contributed by atoms with E-state index in [0.717, 1.165) is 18.9 Å². The lowest BCUT2D eigenvalue weighted by atomic mass is 9.97. The number of hydrogen-bond acceptors (Lipinski definition) is 5. The van der Waals surface area contributed by atoms with Crippen molar-refractivity contribution in [3.63, 3.8) is 0 Å². The normalized spacial score (nSPS) is 16.1. The van der Waals surface area contributed by atoms with Crippen LogP contribution >= 0.6 is 0 Å². The van der Waals surface area contributed by atoms with Gasteiger partial charge in [0.25, 0.3) is 0 Å². The lowest BCUT2D eigenvalue weighted by molar-refractivity contribution is 0.121. The molecular weight excluding hydrogens is 224 g/mol. The van der Waals surface area contributed by atoms with Gasteiger partial charge in [0.15, 0.2) is 0 Å². The summed E-state index contributed by atoms with van der Waals surface area (Å²) in [5.74, 6) is 0.419. The zero-order chi connectivity index (χ0) is 12.6. The van der Waals surface area contributed by atoms with Gasteiger partial charge in [-0.2, -0.15) is 0 Å². The fraction of sp³-hybridized carbons (Fsp3) is 1.00. The number of rotatable bonds is 9. The summed E-state index contributed by atoms with van der Waals surface area (Å²) in [6.07, 6.45) is 1.78. The smallest absolute Gasteiger partial charge is 0.377 e. The van der Waals surface area contributed by atoms with Gasteiger partial charge in [-0.05, 0) is 25.3 Å². The highest BCUT2D eigenvalue weighted by Gasteiger charge is 2.37. The third kappa shape index (κ3) is 4.90. The highest BCUT2D eigenvalue weighted by atomic mass is 28.4. The van der Waals surface area contributed by atoms with E-state index in [0.29, 0.717) is 12.5 Å². The maximum absolute atomic E-state index is 6.07. The maximum atomic E-state index is 6.07. The fourth-order valence-electron chi connectivity index (χ4n) is 1.66. The third-order valence-corrected chi connectivity index (χ3v) is 5.84. The second-order valence-corrected chi connectivity index (χ2v) is 7.14. The fourth-order valence-corrected chi connectivity index (χ4v) is 3.46. The minimum absolute atomic E-state index is 0.121. The van der Waals surface area contributed by atoms with Gasteiger partial charge in [0.1, 0.15) is 0 Å². The monoisotopic (exact) mass is 250 g/mol. The summed E-state index contributed by atoms with van der Waals surface area (Å²) in [4.78, 5) is 0. The summed E-state index contributed by atoms with van der Waals surface area (Å²) in [6, 6.07) is 0.864. The topological polar surface area (TPSA) is 79.7 Å². The lowest BCUT2D eigenvalue weighted by Gasteiger charge is -2.27. The van der Waals surface area contributed by atoms with Gasteiger partial charge in [-0.1, -0.05) is 6.92 Å². The number of hydrogen-bond donors (Lipinski definition) is 2. The largest absolute Gasteiger partial charge is 0.500 e. The van der Waals surface area contributed by atoms with Gasteiger partial charge in [-0.25, -0.2) is 0 Å². The van der Waals surface area contributed by atoms with Crippen molar-refractivity contribution in [2.75, 3.05) is 27.9 Å². The van der Waals surface area contributed by atoms with Crippen molar-refractivity contribution in [2.24, 2.45) is 17.4 Å². The van der Waals surface area contributed by atoms with Gasteiger partial charge in [0, 0.05) is 33.4 Å². The average molecular weight is 250 g/mol. The van der Waals surface area contributed by atoms with Crippen molar-refractivity contribution < 1.29 is 13.3 Å². The van der Waals surface area contributed by atoms with E-state index >= 15 is 0 Å². The third-order valence-electron chi connectivity index (χ3n) is 3.07. The minimum Gasteiger partial charge on any atom is -0.377 e. The summed E-state index contributed by atoms with van der Waals surface area (Å²) in [7, 11) is 2.40. The van der Waals surface area contributed by atoms with Crippen LogP contribution in [0.25, 0.3) is 0 Å². The van der Waals surface area contributed by atoms with Crippen LogP contribution in [0.5, 0.6) is 0 Å². The van der Waals surface area contributed by atoms with Gasteiger partial charge in [-0.3, -0.25) is 0 Å². The van der Waals surface area contributed by atoms with Gasteiger partial charge < -0.3 is 24.7 Å². The predicted octanol–water partition coefficient (Wildman–Crippen LogP) is 0.567. The highest BCUT2D eigenvalue weighted by molar-refractivity contribution is 6.60. The highest BCUT2D eigenvalue weighted by Crippen LogP contribution is 2.19. The molecule has 0 bridgehead atoms. The molecule has 0 aromatic heterocycles. The molecule has 0 saturated carbocycles. The summed E-state index contributed by atoms with van der Waals surface area (Å²) < 4.78 is 16.0. The summed E-state index contributed by atoms with van der Waals surface area (Å²) in [5.41, 5.74) is 11.6. The molecule has 0 aliphatic rings. The van der Waals surface area contributed by atoms with Crippen LogP contribution in [0, 0.1) is 5.92 Å². The Morgan fingerprint density at radius 3 is 1.94 bits per heavy atom. The Labute approximate surface area is 99.8 Å². The van der Waals surface area contributed by atoms with Gasteiger partial charge in [0.05, 0.1) is 0 Å². The van der Waals surface area contributed by atoms with Crippen LogP contribution in [0.1, 0.15) is 19.8 Å². The molecule has 0 aliphatic heterocycles. The average Bonchev–Trinajstić information content (AvgIpc) is 2.31. The SMILES string of the molecule is CO[Si](CCC(N)C(C)CCN)(OC)OC. The van der Waals surface area contributed by atoms with Gasteiger partial charge in [0.2, 0.25) is 0 Å². The Balaban J connectivity index is 4.10. The van der Waals surface area contributed by atoms with Crippen molar-refractivity contribution >= 4 is 8.80 Å². The van der Waals surface area contributed by atoms with E-state index < -0.39 is 8.80 Å². The Morgan fingerprint density at radius 1 is 1.06 bits per heavy atom. The Morgan fingerprint density at radius 2 is 1.56 bits per heavy atom. The zero-order valence-corrected chi connectivity index (χ0v) is 11.9. The number of nitrogens with two attached hydrogens (primary N) is 2. The van der Waals surface area contributed by atoms with E-state index in [1.807, 2.05) is 0 Å². The molecule has 4 N–H and O–H groups in total. The molecule has 0 radical (unpaired) electrons. The van der Waals surface area contributed by atoms with E-state index in [1.165, 1.54) is 0 Å². The minimum atomic E-state index is -2.46. The van der Waals surface area contributed by atoms with Crippen LogP contribution in [0.4, 0.5) is 0 Å². The standard InChI is InChI=1S/C10H26N2O3Si/c1-9(5-7-11)10(12)6-8-16(13-2,14-3)15-4/h9-10H,5-8,11-12H2,1-4H3. The first-order valence-electron chi connectivity index (χ1n) is 5.66. The molecule has 0 amide bonds. The predicted molar refractivity (Wildman–Crippen MR) is 67.0 cm³/mol. The molecule has 0 aromatic carbocycles. The van der Waals surface area contributed by atoms with Crippen molar-refractivity contribution in [3.8, 4) is 0 Å². The van der Waals surface area contributed by atoms with Crippen molar-refractivity contribution in [2.45, 2.75) is 31.9 Å². The maximum Gasteiger partial charge on any atom is 0.500 e. The van der Waals surface area contributed by atoms with E-state index in [4.69, 9.17) is 24.7 Å². The zero-order valence-electron chi connectivity index (χ0n) is 10.9. The van der Waals surface area contributed by atoms with Crippen LogP contribution in [-0.4, -0.2) is 42.7 Å². The molecule has 6 heteroatoms. The molecule has 0 saturated heterocycles. The Kier molecular flexibility index (Phi) is 8.17. The molecule has 2 unspecified atom stereocenters. The Bertz CT molecular complexity index is 171. The van der Waals surface area contributed by atoms with Crippen LogP contribution in [0.15, 0.2) is 0 Å². The molecule has 0 aliphatic carbocycles. The first-order valence-corrected chi connectivity index (χ1v) is 7.59. The first-order chi connectivity index (χ1) is 7.55. The summed E-state index contributed by atoms with van der Waals surface area (Å²) in [5, 5.41) is 0. The molecule has 98 valence electrons. The van der Waals surface area contributed by atoms with E-state index in [1.54, 1.807) is 21.3 Å². The van der Waals surface area contributed by atoms with Crippen molar-refractivity contribution in [1.29, 1.82) is 0 Å². The second-order valence-electron chi connectivity index (χ2n) is 4.05. The second kappa shape index (κ2) is 8.16. The molecule has 5 nitrogen and oxygen atoms in total.